The lowest BCUT2D eigenvalue weighted by Crippen LogP contribution is -2.13. The van der Waals surface area contributed by atoms with Crippen LogP contribution < -0.4 is 0 Å². The molecule has 0 fully saturated rings. The van der Waals surface area contributed by atoms with Gasteiger partial charge in [-0.3, -0.25) is 0 Å². The van der Waals surface area contributed by atoms with Crippen LogP contribution >= 0.6 is 0 Å². The molecule has 0 heterocycles. The van der Waals surface area contributed by atoms with Crippen molar-refractivity contribution >= 4 is 6.08 Å². The predicted octanol–water partition coefficient (Wildman–Crippen LogP) is 4.79. The van der Waals surface area contributed by atoms with Crippen LogP contribution in [0.2, 0.25) is 0 Å². The van der Waals surface area contributed by atoms with Crippen LogP contribution in [-0.2, 0) is 5.92 Å². The zero-order valence-electron chi connectivity index (χ0n) is 9.48. The molecule has 0 aromatic heterocycles. The molecular formula is C15H11F3. The number of alkyl halides is 2. The summed E-state index contributed by atoms with van der Waals surface area (Å²) in [7, 11) is 0. The normalized spacial score (nSPS) is 12.5. The van der Waals surface area contributed by atoms with Gasteiger partial charge in [-0.2, -0.15) is 8.78 Å². The molecule has 0 N–H and O–H groups in total. The fourth-order valence-electron chi connectivity index (χ4n) is 1.57. The van der Waals surface area contributed by atoms with Gasteiger partial charge in [0.2, 0.25) is 0 Å². The first kappa shape index (κ1) is 12.4. The monoisotopic (exact) mass is 248 g/mol. The quantitative estimate of drug-likeness (QED) is 0.732. The van der Waals surface area contributed by atoms with E-state index in [1.165, 1.54) is 24.3 Å². The molecule has 2 aromatic rings. The smallest absolute Gasteiger partial charge is 0.205 e. The molecule has 0 radical (unpaired) electrons. The van der Waals surface area contributed by atoms with Gasteiger partial charge in [0.15, 0.2) is 5.83 Å². The number of hydrogen-bond donors (Lipinski definition) is 0. The lowest BCUT2D eigenvalue weighted by Gasteiger charge is -2.14. The van der Waals surface area contributed by atoms with Crippen molar-refractivity contribution in [3.63, 3.8) is 0 Å². The van der Waals surface area contributed by atoms with Gasteiger partial charge in [0, 0.05) is 5.56 Å². The van der Waals surface area contributed by atoms with Crippen LogP contribution in [0, 0.1) is 0 Å². The average molecular weight is 248 g/mol. The maximum Gasteiger partial charge on any atom is 0.324 e. The van der Waals surface area contributed by atoms with E-state index in [2.05, 4.69) is 0 Å². The van der Waals surface area contributed by atoms with Crippen molar-refractivity contribution in [3.05, 3.63) is 77.6 Å². The van der Waals surface area contributed by atoms with E-state index in [0.29, 0.717) is 5.56 Å². The summed E-state index contributed by atoms with van der Waals surface area (Å²) in [4.78, 5) is 0. The number of halogens is 3. The first-order valence-electron chi connectivity index (χ1n) is 5.47. The van der Waals surface area contributed by atoms with Gasteiger partial charge in [-0.25, -0.2) is 4.39 Å². The molecule has 3 heteroatoms. The Morgan fingerprint density at radius 1 is 0.833 bits per heavy atom. The maximum absolute atomic E-state index is 13.8. The Hall–Kier alpha value is -2.03. The van der Waals surface area contributed by atoms with Gasteiger partial charge in [0.25, 0.3) is 0 Å². The van der Waals surface area contributed by atoms with Crippen LogP contribution in [-0.4, -0.2) is 0 Å². The zero-order chi connectivity index (χ0) is 13.0. The van der Waals surface area contributed by atoms with Crippen molar-refractivity contribution in [2.24, 2.45) is 0 Å². The summed E-state index contributed by atoms with van der Waals surface area (Å²) >= 11 is 0. The molecule has 0 nitrogen and oxygen atoms in total. The minimum atomic E-state index is -3.60. The molecule has 0 bridgehead atoms. The molecule has 0 aliphatic carbocycles. The van der Waals surface area contributed by atoms with Crippen molar-refractivity contribution in [1.29, 1.82) is 0 Å². The molecule has 0 unspecified atom stereocenters. The summed E-state index contributed by atoms with van der Waals surface area (Å²) in [5.74, 6) is -5.06. The molecule has 0 spiro atoms. The number of rotatable bonds is 3. The van der Waals surface area contributed by atoms with E-state index in [1.54, 1.807) is 36.4 Å². The SMILES string of the molecule is F/C(=C\c1ccccc1)C(F)(F)c1ccccc1. The fraction of sp³-hybridized carbons (Fsp3) is 0.0667. The van der Waals surface area contributed by atoms with E-state index in [0.717, 1.165) is 6.08 Å². The van der Waals surface area contributed by atoms with Gasteiger partial charge >= 0.3 is 5.92 Å². The Morgan fingerprint density at radius 2 is 1.33 bits per heavy atom. The largest absolute Gasteiger partial charge is 0.324 e. The molecule has 2 aromatic carbocycles. The molecule has 18 heavy (non-hydrogen) atoms. The van der Waals surface area contributed by atoms with Gasteiger partial charge in [-0.15, -0.1) is 0 Å². The summed E-state index contributed by atoms with van der Waals surface area (Å²) in [6.45, 7) is 0. The third-order valence-electron chi connectivity index (χ3n) is 2.53. The van der Waals surface area contributed by atoms with Crippen molar-refractivity contribution in [2.75, 3.05) is 0 Å². The van der Waals surface area contributed by atoms with E-state index < -0.39 is 11.7 Å². The summed E-state index contributed by atoms with van der Waals surface area (Å²) in [5, 5.41) is 0. The third kappa shape index (κ3) is 2.62. The molecule has 2 rings (SSSR count). The standard InChI is InChI=1S/C15H11F3/c16-14(11-12-7-3-1-4-8-12)15(17,18)13-9-5-2-6-10-13/h1-11H/b14-11-. The van der Waals surface area contributed by atoms with E-state index in [-0.39, 0.29) is 5.56 Å². The lowest BCUT2D eigenvalue weighted by atomic mass is 10.1. The summed E-state index contributed by atoms with van der Waals surface area (Å²) in [6.07, 6.45) is 0.854. The molecule has 0 aliphatic heterocycles. The van der Waals surface area contributed by atoms with Gasteiger partial charge in [0.05, 0.1) is 0 Å². The molecule has 0 amide bonds. The van der Waals surface area contributed by atoms with E-state index in [1.807, 2.05) is 0 Å². The Kier molecular flexibility index (Phi) is 3.51. The Labute approximate surface area is 103 Å². The number of allylic oxidation sites excluding steroid dienone is 1. The van der Waals surface area contributed by atoms with Crippen LogP contribution in [0.3, 0.4) is 0 Å². The van der Waals surface area contributed by atoms with Crippen LogP contribution in [0.15, 0.2) is 66.5 Å². The second-order valence-electron chi connectivity index (χ2n) is 3.84. The molecule has 92 valence electrons. The van der Waals surface area contributed by atoms with Crippen molar-refractivity contribution < 1.29 is 13.2 Å². The van der Waals surface area contributed by atoms with Crippen molar-refractivity contribution in [2.45, 2.75) is 5.92 Å². The van der Waals surface area contributed by atoms with Crippen molar-refractivity contribution in [3.8, 4) is 0 Å². The molecule has 0 atom stereocenters. The van der Waals surface area contributed by atoms with Gasteiger partial charge < -0.3 is 0 Å². The predicted molar refractivity (Wildman–Crippen MR) is 65.9 cm³/mol. The summed E-state index contributed by atoms with van der Waals surface area (Å²) in [6, 6.07) is 15.2. The molecule has 0 aliphatic rings. The number of hydrogen-bond acceptors (Lipinski definition) is 0. The van der Waals surface area contributed by atoms with Gasteiger partial charge in [0.1, 0.15) is 0 Å². The highest BCUT2D eigenvalue weighted by Gasteiger charge is 2.37. The van der Waals surface area contributed by atoms with Crippen LogP contribution in [0.25, 0.3) is 6.08 Å². The highest BCUT2D eigenvalue weighted by Crippen LogP contribution is 2.37. The van der Waals surface area contributed by atoms with E-state index >= 15 is 0 Å². The molecular weight excluding hydrogens is 237 g/mol. The lowest BCUT2D eigenvalue weighted by molar-refractivity contribution is 0.0154. The second-order valence-corrected chi connectivity index (χ2v) is 3.84. The fourth-order valence-corrected chi connectivity index (χ4v) is 1.57. The first-order valence-corrected chi connectivity index (χ1v) is 5.47. The van der Waals surface area contributed by atoms with E-state index in [4.69, 9.17) is 0 Å². The minimum Gasteiger partial charge on any atom is -0.205 e. The average Bonchev–Trinajstić information content (AvgIpc) is 2.41. The van der Waals surface area contributed by atoms with Gasteiger partial charge in [-0.05, 0) is 11.6 Å². The van der Waals surface area contributed by atoms with E-state index in [9.17, 15) is 13.2 Å². The topological polar surface area (TPSA) is 0 Å². The highest BCUT2D eigenvalue weighted by molar-refractivity contribution is 5.53. The van der Waals surface area contributed by atoms with Crippen LogP contribution in [0.4, 0.5) is 13.2 Å². The maximum atomic E-state index is 13.8. The molecule has 0 saturated heterocycles. The van der Waals surface area contributed by atoms with Gasteiger partial charge in [-0.1, -0.05) is 60.7 Å². The molecule has 0 saturated carbocycles. The third-order valence-corrected chi connectivity index (χ3v) is 2.53. The zero-order valence-corrected chi connectivity index (χ0v) is 9.48. The van der Waals surface area contributed by atoms with Crippen molar-refractivity contribution in [1.82, 2.24) is 0 Å². The first-order chi connectivity index (χ1) is 8.60. The number of benzene rings is 2. The van der Waals surface area contributed by atoms with Crippen LogP contribution in [0.1, 0.15) is 11.1 Å². The Balaban J connectivity index is 2.33. The Bertz CT molecular complexity index is 530. The second kappa shape index (κ2) is 5.08. The Morgan fingerprint density at radius 3 is 1.89 bits per heavy atom. The summed E-state index contributed by atoms with van der Waals surface area (Å²) < 4.78 is 41.2. The highest BCUT2D eigenvalue weighted by atomic mass is 19.3. The van der Waals surface area contributed by atoms with Crippen LogP contribution in [0.5, 0.6) is 0 Å². The summed E-state index contributed by atoms with van der Waals surface area (Å²) in [5.41, 5.74) is 0.0558. The minimum absolute atomic E-state index is 0.352.